The molecule has 0 saturated heterocycles. The molecular formula is C17H25N3OS. The summed E-state index contributed by atoms with van der Waals surface area (Å²) in [5.41, 5.74) is 2.12. The number of aryl methyl sites for hydroxylation is 2. The van der Waals surface area contributed by atoms with Crippen LogP contribution in [0.1, 0.15) is 49.0 Å². The van der Waals surface area contributed by atoms with E-state index in [1.54, 1.807) is 11.3 Å². The van der Waals surface area contributed by atoms with E-state index in [1.807, 2.05) is 17.7 Å². The summed E-state index contributed by atoms with van der Waals surface area (Å²) in [5.74, 6) is 0.248. The van der Waals surface area contributed by atoms with E-state index in [0.29, 0.717) is 6.54 Å². The largest absolute Gasteiger partial charge is 0.353 e. The quantitative estimate of drug-likeness (QED) is 0.846. The van der Waals surface area contributed by atoms with E-state index < -0.39 is 0 Å². The van der Waals surface area contributed by atoms with Crippen molar-refractivity contribution in [3.63, 3.8) is 0 Å². The summed E-state index contributed by atoms with van der Waals surface area (Å²) < 4.78 is 2.02. The van der Waals surface area contributed by atoms with Gasteiger partial charge in [0.05, 0.1) is 5.69 Å². The summed E-state index contributed by atoms with van der Waals surface area (Å²) in [5, 5.41) is 9.78. The molecule has 1 atom stereocenters. The summed E-state index contributed by atoms with van der Waals surface area (Å²) in [6, 6.07) is 6.28. The lowest BCUT2D eigenvalue weighted by Gasteiger charge is -2.20. The third-order valence-corrected chi connectivity index (χ3v) is 5.01. The van der Waals surface area contributed by atoms with Gasteiger partial charge in [0.15, 0.2) is 0 Å². The molecular weight excluding hydrogens is 294 g/mol. The van der Waals surface area contributed by atoms with Crippen LogP contribution in [-0.4, -0.2) is 22.2 Å². The van der Waals surface area contributed by atoms with E-state index in [-0.39, 0.29) is 17.9 Å². The number of thiophene rings is 1. The molecule has 2 aromatic heterocycles. The Morgan fingerprint density at radius 3 is 2.59 bits per heavy atom. The second-order valence-corrected chi connectivity index (χ2v) is 6.64. The Hall–Kier alpha value is -1.62. The molecule has 0 aromatic carbocycles. The highest BCUT2D eigenvalue weighted by molar-refractivity contribution is 7.10. The number of nitrogens with zero attached hydrogens (tertiary/aromatic N) is 2. The average Bonchev–Trinajstić information content (AvgIpc) is 3.11. The molecule has 0 radical (unpaired) electrons. The Bertz CT molecular complexity index is 599. The summed E-state index contributed by atoms with van der Waals surface area (Å²) >= 11 is 1.70. The van der Waals surface area contributed by atoms with Crippen molar-refractivity contribution in [3.8, 4) is 0 Å². The van der Waals surface area contributed by atoms with Gasteiger partial charge in [-0.1, -0.05) is 19.9 Å². The number of rotatable bonds is 7. The third kappa shape index (κ3) is 3.77. The minimum absolute atomic E-state index is 0.0620. The van der Waals surface area contributed by atoms with Gasteiger partial charge in [-0.3, -0.25) is 9.48 Å². The van der Waals surface area contributed by atoms with Gasteiger partial charge in [-0.2, -0.15) is 5.10 Å². The first-order valence-corrected chi connectivity index (χ1v) is 8.78. The van der Waals surface area contributed by atoms with Gasteiger partial charge in [0.1, 0.15) is 6.04 Å². The van der Waals surface area contributed by atoms with E-state index in [0.717, 1.165) is 24.2 Å². The van der Waals surface area contributed by atoms with Crippen molar-refractivity contribution in [2.24, 2.45) is 5.92 Å². The fourth-order valence-electron chi connectivity index (χ4n) is 2.75. The lowest BCUT2D eigenvalue weighted by molar-refractivity contribution is -0.125. The van der Waals surface area contributed by atoms with E-state index in [2.05, 4.69) is 48.7 Å². The van der Waals surface area contributed by atoms with Gasteiger partial charge in [0, 0.05) is 23.0 Å². The number of nitrogens with one attached hydrogen (secondary N) is 1. The molecule has 2 heterocycles. The van der Waals surface area contributed by atoms with Gasteiger partial charge in [-0.15, -0.1) is 11.3 Å². The highest BCUT2D eigenvalue weighted by Gasteiger charge is 2.21. The maximum Gasteiger partial charge on any atom is 0.223 e. The second-order valence-electron chi connectivity index (χ2n) is 5.66. The summed E-state index contributed by atoms with van der Waals surface area (Å²) in [7, 11) is 0. The van der Waals surface area contributed by atoms with Crippen LogP contribution < -0.4 is 5.32 Å². The van der Waals surface area contributed by atoms with Crippen LogP contribution in [0.4, 0.5) is 0 Å². The molecule has 2 rings (SSSR count). The van der Waals surface area contributed by atoms with Crippen molar-refractivity contribution in [1.82, 2.24) is 15.1 Å². The van der Waals surface area contributed by atoms with Crippen molar-refractivity contribution in [1.29, 1.82) is 0 Å². The normalized spacial score (nSPS) is 12.6. The van der Waals surface area contributed by atoms with Gasteiger partial charge in [-0.25, -0.2) is 0 Å². The summed E-state index contributed by atoms with van der Waals surface area (Å²) in [6.45, 7) is 8.76. The molecule has 22 heavy (non-hydrogen) atoms. The summed E-state index contributed by atoms with van der Waals surface area (Å²) in [4.78, 5) is 13.5. The Morgan fingerprint density at radius 1 is 1.36 bits per heavy atom. The number of carbonyl (C=O) groups excluding carboxylic acids is 1. The maximum absolute atomic E-state index is 12.3. The van der Waals surface area contributed by atoms with E-state index >= 15 is 0 Å². The first kappa shape index (κ1) is 16.7. The van der Waals surface area contributed by atoms with Crippen molar-refractivity contribution < 1.29 is 4.79 Å². The van der Waals surface area contributed by atoms with E-state index in [1.165, 1.54) is 4.88 Å². The minimum Gasteiger partial charge on any atom is -0.353 e. The van der Waals surface area contributed by atoms with Crippen LogP contribution in [0.3, 0.4) is 0 Å². The van der Waals surface area contributed by atoms with Gasteiger partial charge in [0.25, 0.3) is 0 Å². The summed E-state index contributed by atoms with van der Waals surface area (Å²) in [6.07, 6.45) is 1.76. The molecule has 0 aliphatic rings. The molecule has 4 nitrogen and oxygen atoms in total. The molecule has 1 unspecified atom stereocenters. The van der Waals surface area contributed by atoms with Crippen LogP contribution in [0.15, 0.2) is 23.6 Å². The van der Waals surface area contributed by atoms with E-state index in [9.17, 15) is 4.79 Å². The zero-order chi connectivity index (χ0) is 16.1. The number of aromatic nitrogens is 2. The fraction of sp³-hybridized carbons (Fsp3) is 0.529. The van der Waals surface area contributed by atoms with Crippen LogP contribution in [0.2, 0.25) is 0 Å². The number of carbonyl (C=O) groups is 1. The smallest absolute Gasteiger partial charge is 0.223 e. The fourth-order valence-corrected chi connectivity index (χ4v) is 3.56. The molecule has 5 heteroatoms. The first-order valence-electron chi connectivity index (χ1n) is 7.90. The molecule has 2 aromatic rings. The minimum atomic E-state index is 0.0620. The van der Waals surface area contributed by atoms with Gasteiger partial charge < -0.3 is 5.32 Å². The molecule has 120 valence electrons. The molecule has 0 aliphatic carbocycles. The highest BCUT2D eigenvalue weighted by Crippen LogP contribution is 2.24. The van der Waals surface area contributed by atoms with Crippen molar-refractivity contribution in [2.45, 2.75) is 46.6 Å². The molecule has 1 N–H and O–H groups in total. The predicted molar refractivity (Wildman–Crippen MR) is 91.2 cm³/mol. The molecule has 0 saturated carbocycles. The van der Waals surface area contributed by atoms with Gasteiger partial charge >= 0.3 is 0 Å². The van der Waals surface area contributed by atoms with Gasteiger partial charge in [-0.05, 0) is 44.2 Å². The monoisotopic (exact) mass is 319 g/mol. The predicted octanol–water partition coefficient (Wildman–Crippen LogP) is 3.70. The number of hydrogen-bond donors (Lipinski definition) is 1. The second kappa shape index (κ2) is 7.58. The highest BCUT2D eigenvalue weighted by atomic mass is 32.1. The Balaban J connectivity index is 2.17. The Morgan fingerprint density at radius 2 is 2.09 bits per heavy atom. The Labute approximate surface area is 136 Å². The SMILES string of the molecule is CCC(CC)C(=O)NCC(c1cccs1)n1nc(C)cc1C. The van der Waals surface area contributed by atoms with Crippen molar-refractivity contribution >= 4 is 17.2 Å². The standard InChI is InChI=1S/C17H25N3OS/c1-5-14(6-2)17(21)18-11-15(16-8-7-9-22-16)20-13(4)10-12(3)19-20/h7-10,14-15H,5-6,11H2,1-4H3,(H,18,21). The Kier molecular flexibility index (Phi) is 5.77. The van der Waals surface area contributed by atoms with Crippen molar-refractivity contribution in [2.75, 3.05) is 6.54 Å². The molecule has 1 amide bonds. The molecule has 0 spiro atoms. The first-order chi connectivity index (χ1) is 10.6. The number of amides is 1. The van der Waals surface area contributed by atoms with Crippen LogP contribution in [0, 0.1) is 19.8 Å². The van der Waals surface area contributed by atoms with Gasteiger partial charge in [0.2, 0.25) is 5.91 Å². The average molecular weight is 319 g/mol. The van der Waals surface area contributed by atoms with Crippen LogP contribution in [0.25, 0.3) is 0 Å². The molecule has 0 fully saturated rings. The molecule has 0 aliphatic heterocycles. The lowest BCUT2D eigenvalue weighted by Crippen LogP contribution is -2.35. The topological polar surface area (TPSA) is 46.9 Å². The maximum atomic E-state index is 12.3. The van der Waals surface area contributed by atoms with Crippen molar-refractivity contribution in [3.05, 3.63) is 39.8 Å². The van der Waals surface area contributed by atoms with E-state index in [4.69, 9.17) is 0 Å². The molecule has 0 bridgehead atoms. The van der Waals surface area contributed by atoms with Crippen LogP contribution >= 0.6 is 11.3 Å². The number of hydrogen-bond acceptors (Lipinski definition) is 3. The zero-order valence-electron chi connectivity index (χ0n) is 13.8. The van der Waals surface area contributed by atoms with Crippen LogP contribution in [0.5, 0.6) is 0 Å². The lowest BCUT2D eigenvalue weighted by atomic mass is 10.0. The van der Waals surface area contributed by atoms with Crippen LogP contribution in [-0.2, 0) is 4.79 Å². The zero-order valence-corrected chi connectivity index (χ0v) is 14.6. The third-order valence-electron chi connectivity index (χ3n) is 4.04.